The molecule has 0 radical (unpaired) electrons. The van der Waals surface area contributed by atoms with Gasteiger partial charge in [-0.05, 0) is 12.8 Å². The number of anilines is 1. The van der Waals surface area contributed by atoms with Gasteiger partial charge in [-0.1, -0.05) is 32.5 Å². The van der Waals surface area contributed by atoms with Gasteiger partial charge in [0.15, 0.2) is 0 Å². The van der Waals surface area contributed by atoms with Crippen molar-refractivity contribution >= 4 is 23.0 Å². The molecule has 0 spiro atoms. The van der Waals surface area contributed by atoms with Crippen LogP contribution in [-0.4, -0.2) is 52.1 Å². The van der Waals surface area contributed by atoms with Gasteiger partial charge < -0.3 is 10.6 Å². The summed E-state index contributed by atoms with van der Waals surface area (Å²) < 4.78 is 0. The van der Waals surface area contributed by atoms with Crippen molar-refractivity contribution in [1.29, 1.82) is 0 Å². The summed E-state index contributed by atoms with van der Waals surface area (Å²) in [6.07, 6.45) is 4.77. The third kappa shape index (κ3) is 4.11. The van der Waals surface area contributed by atoms with Crippen LogP contribution in [0.15, 0.2) is 12.4 Å². The molecular formula is C15H25N5S. The van der Waals surface area contributed by atoms with E-state index in [1.807, 2.05) is 0 Å². The fraction of sp³-hybridized carbons (Fsp3) is 0.667. The van der Waals surface area contributed by atoms with Gasteiger partial charge in [0, 0.05) is 37.9 Å². The molecule has 1 unspecified atom stereocenters. The van der Waals surface area contributed by atoms with Crippen LogP contribution in [0.25, 0.3) is 0 Å². The Morgan fingerprint density at radius 2 is 2.00 bits per heavy atom. The SMILES string of the molecule is CCCc1cc(N2CCN(C(CC)C(N)=S)CC2)ncn1. The number of hydrogen-bond acceptors (Lipinski definition) is 5. The van der Waals surface area contributed by atoms with Crippen LogP contribution in [0.2, 0.25) is 0 Å². The fourth-order valence-electron chi connectivity index (χ4n) is 2.85. The van der Waals surface area contributed by atoms with Gasteiger partial charge in [-0.3, -0.25) is 4.90 Å². The largest absolute Gasteiger partial charge is 0.392 e. The quantitative estimate of drug-likeness (QED) is 0.806. The molecule has 2 N–H and O–H groups in total. The van der Waals surface area contributed by atoms with Crippen molar-refractivity contribution in [2.24, 2.45) is 5.73 Å². The van der Waals surface area contributed by atoms with Crippen LogP contribution in [-0.2, 0) is 6.42 Å². The van der Waals surface area contributed by atoms with E-state index in [-0.39, 0.29) is 6.04 Å². The minimum Gasteiger partial charge on any atom is -0.392 e. The van der Waals surface area contributed by atoms with Gasteiger partial charge in [-0.15, -0.1) is 0 Å². The lowest BCUT2D eigenvalue weighted by Crippen LogP contribution is -2.53. The molecule has 0 aromatic carbocycles. The topological polar surface area (TPSA) is 58.3 Å². The van der Waals surface area contributed by atoms with Crippen LogP contribution < -0.4 is 10.6 Å². The van der Waals surface area contributed by atoms with Gasteiger partial charge in [0.1, 0.15) is 12.1 Å². The zero-order valence-electron chi connectivity index (χ0n) is 13.0. The number of nitrogens with zero attached hydrogens (tertiary/aromatic N) is 4. The van der Waals surface area contributed by atoms with Crippen LogP contribution >= 0.6 is 12.2 Å². The molecule has 2 rings (SSSR count). The first kappa shape index (κ1) is 16.1. The van der Waals surface area contributed by atoms with Gasteiger partial charge in [-0.25, -0.2) is 9.97 Å². The van der Waals surface area contributed by atoms with Crippen LogP contribution in [0.1, 0.15) is 32.4 Å². The molecule has 21 heavy (non-hydrogen) atoms. The van der Waals surface area contributed by atoms with Crippen molar-refractivity contribution in [1.82, 2.24) is 14.9 Å². The highest BCUT2D eigenvalue weighted by Gasteiger charge is 2.24. The highest BCUT2D eigenvalue weighted by atomic mass is 32.1. The number of thiocarbonyl (C=S) groups is 1. The molecule has 0 aliphatic carbocycles. The van der Waals surface area contributed by atoms with E-state index in [0.29, 0.717) is 4.99 Å². The zero-order valence-corrected chi connectivity index (χ0v) is 13.8. The lowest BCUT2D eigenvalue weighted by Gasteiger charge is -2.39. The predicted molar refractivity (Wildman–Crippen MR) is 90.7 cm³/mol. The Bertz CT molecular complexity index is 471. The summed E-state index contributed by atoms with van der Waals surface area (Å²) >= 11 is 5.17. The molecule has 1 atom stereocenters. The molecule has 1 aromatic heterocycles. The Hall–Kier alpha value is -1.27. The van der Waals surface area contributed by atoms with Gasteiger partial charge >= 0.3 is 0 Å². The molecule has 1 fully saturated rings. The van der Waals surface area contributed by atoms with Gasteiger partial charge in [-0.2, -0.15) is 0 Å². The summed E-state index contributed by atoms with van der Waals surface area (Å²) in [5.74, 6) is 1.04. The van der Waals surface area contributed by atoms with E-state index in [2.05, 4.69) is 39.7 Å². The monoisotopic (exact) mass is 307 g/mol. The average molecular weight is 307 g/mol. The molecule has 116 valence electrons. The van der Waals surface area contributed by atoms with Crippen LogP contribution in [0.3, 0.4) is 0 Å². The molecule has 6 heteroatoms. The summed E-state index contributed by atoms with van der Waals surface area (Å²) in [4.78, 5) is 14.1. The first-order valence-electron chi connectivity index (χ1n) is 7.75. The Morgan fingerprint density at radius 3 is 2.57 bits per heavy atom. The maximum absolute atomic E-state index is 5.83. The van der Waals surface area contributed by atoms with E-state index in [4.69, 9.17) is 18.0 Å². The highest BCUT2D eigenvalue weighted by molar-refractivity contribution is 7.80. The molecule has 1 aliphatic rings. The van der Waals surface area contributed by atoms with E-state index >= 15 is 0 Å². The smallest absolute Gasteiger partial charge is 0.132 e. The second-order valence-electron chi connectivity index (χ2n) is 5.47. The number of aromatic nitrogens is 2. The van der Waals surface area contributed by atoms with Gasteiger partial charge in [0.2, 0.25) is 0 Å². The minimum absolute atomic E-state index is 0.225. The molecular weight excluding hydrogens is 282 g/mol. The van der Waals surface area contributed by atoms with Crippen molar-refractivity contribution < 1.29 is 0 Å². The molecule has 1 aliphatic heterocycles. The van der Waals surface area contributed by atoms with E-state index in [1.54, 1.807) is 6.33 Å². The second-order valence-corrected chi connectivity index (χ2v) is 5.94. The maximum atomic E-state index is 5.83. The van der Waals surface area contributed by atoms with Crippen molar-refractivity contribution in [2.45, 2.75) is 39.2 Å². The van der Waals surface area contributed by atoms with E-state index in [9.17, 15) is 0 Å². The van der Waals surface area contributed by atoms with Crippen LogP contribution in [0.4, 0.5) is 5.82 Å². The normalized spacial score (nSPS) is 17.7. The van der Waals surface area contributed by atoms with Gasteiger partial charge in [0.25, 0.3) is 0 Å². The van der Waals surface area contributed by atoms with Crippen molar-refractivity contribution in [2.75, 3.05) is 31.1 Å². The Balaban J connectivity index is 1.97. The first-order valence-corrected chi connectivity index (χ1v) is 8.15. The first-order chi connectivity index (χ1) is 10.2. The number of piperazine rings is 1. The zero-order chi connectivity index (χ0) is 15.2. The van der Waals surface area contributed by atoms with Crippen LogP contribution in [0, 0.1) is 0 Å². The Kier molecular flexibility index (Phi) is 5.87. The minimum atomic E-state index is 0.225. The molecule has 5 nitrogen and oxygen atoms in total. The molecule has 2 heterocycles. The number of rotatable bonds is 6. The van der Waals surface area contributed by atoms with Crippen LogP contribution in [0.5, 0.6) is 0 Å². The Labute approximate surface area is 132 Å². The number of nitrogens with two attached hydrogens (primary N) is 1. The van der Waals surface area contributed by atoms with Gasteiger partial charge in [0.05, 0.1) is 11.0 Å². The van der Waals surface area contributed by atoms with Crippen molar-refractivity contribution in [3.8, 4) is 0 Å². The standard InChI is InChI=1S/C15H25N5S/c1-3-5-12-10-14(18-11-17-12)20-8-6-19(7-9-20)13(4-2)15(16)21/h10-11,13H,3-9H2,1-2H3,(H2,16,21). The summed E-state index contributed by atoms with van der Waals surface area (Å²) in [5.41, 5.74) is 6.96. The average Bonchev–Trinajstić information content (AvgIpc) is 2.49. The van der Waals surface area contributed by atoms with E-state index in [1.165, 1.54) is 0 Å². The summed E-state index contributed by atoms with van der Waals surface area (Å²) in [5, 5.41) is 0. The summed E-state index contributed by atoms with van der Waals surface area (Å²) in [6, 6.07) is 2.34. The Morgan fingerprint density at radius 1 is 1.29 bits per heavy atom. The molecule has 1 saturated heterocycles. The van der Waals surface area contributed by atoms with Crippen molar-refractivity contribution in [3.05, 3.63) is 18.1 Å². The maximum Gasteiger partial charge on any atom is 0.132 e. The number of hydrogen-bond donors (Lipinski definition) is 1. The number of aryl methyl sites for hydroxylation is 1. The van der Waals surface area contributed by atoms with E-state index < -0.39 is 0 Å². The van der Waals surface area contributed by atoms with E-state index in [0.717, 1.165) is 57.0 Å². The lowest BCUT2D eigenvalue weighted by molar-refractivity contribution is 0.224. The molecule has 0 bridgehead atoms. The highest BCUT2D eigenvalue weighted by Crippen LogP contribution is 2.16. The molecule has 0 amide bonds. The van der Waals surface area contributed by atoms with Crippen molar-refractivity contribution in [3.63, 3.8) is 0 Å². The molecule has 1 aromatic rings. The predicted octanol–water partition coefficient (Wildman–Crippen LogP) is 1.62. The summed E-state index contributed by atoms with van der Waals surface area (Å²) in [6.45, 7) is 8.17. The third-order valence-corrected chi connectivity index (χ3v) is 4.28. The fourth-order valence-corrected chi connectivity index (χ4v) is 3.17. The summed E-state index contributed by atoms with van der Waals surface area (Å²) in [7, 11) is 0. The second kappa shape index (κ2) is 7.66. The third-order valence-electron chi connectivity index (χ3n) is 4.01. The lowest BCUT2D eigenvalue weighted by atomic mass is 10.1. The molecule has 0 saturated carbocycles.